The van der Waals surface area contributed by atoms with Crippen LogP contribution in [0.5, 0.6) is 11.5 Å². The smallest absolute Gasteiger partial charge is 0.175 e. The van der Waals surface area contributed by atoms with Gasteiger partial charge in [0, 0.05) is 0 Å². The zero-order valence-corrected chi connectivity index (χ0v) is 13.9. The first-order chi connectivity index (χ1) is 10.1. The van der Waals surface area contributed by atoms with Crippen LogP contribution in [-0.2, 0) is 13.2 Å². The highest BCUT2D eigenvalue weighted by Crippen LogP contribution is 2.37. The van der Waals surface area contributed by atoms with Gasteiger partial charge in [0.05, 0.1) is 28.9 Å². The molecule has 0 atom stereocenters. The molecule has 21 heavy (non-hydrogen) atoms. The van der Waals surface area contributed by atoms with Gasteiger partial charge < -0.3 is 19.1 Å². The Morgan fingerprint density at radius 3 is 2.62 bits per heavy atom. The van der Waals surface area contributed by atoms with Crippen molar-refractivity contribution in [2.45, 2.75) is 34.0 Å². The summed E-state index contributed by atoms with van der Waals surface area (Å²) in [7, 11) is 0. The van der Waals surface area contributed by atoms with Crippen molar-refractivity contribution >= 4 is 15.9 Å². The second-order valence-corrected chi connectivity index (χ2v) is 5.44. The Labute approximate surface area is 132 Å². The Bertz CT molecular complexity index is 605. The third kappa shape index (κ3) is 3.57. The molecule has 0 fully saturated rings. The van der Waals surface area contributed by atoms with Gasteiger partial charge in [0.2, 0.25) is 0 Å². The van der Waals surface area contributed by atoms with Gasteiger partial charge in [-0.25, -0.2) is 0 Å². The maximum Gasteiger partial charge on any atom is 0.175 e. The number of hydrogen-bond acceptors (Lipinski definition) is 5. The fourth-order valence-corrected chi connectivity index (χ4v) is 2.57. The molecule has 0 aliphatic carbocycles. The monoisotopic (exact) mass is 355 g/mol. The maximum absolute atomic E-state index is 9.26. The highest BCUT2D eigenvalue weighted by molar-refractivity contribution is 9.10. The van der Waals surface area contributed by atoms with Crippen LogP contribution in [0.15, 0.2) is 21.1 Å². The van der Waals surface area contributed by atoms with E-state index in [0.717, 1.165) is 27.1 Å². The minimum Gasteiger partial charge on any atom is -0.490 e. The van der Waals surface area contributed by atoms with E-state index < -0.39 is 0 Å². The summed E-state index contributed by atoms with van der Waals surface area (Å²) in [6.45, 7) is 6.44. The van der Waals surface area contributed by atoms with E-state index in [1.807, 2.05) is 26.8 Å². The number of rotatable bonds is 6. The van der Waals surface area contributed by atoms with Gasteiger partial charge in [-0.1, -0.05) is 5.16 Å². The van der Waals surface area contributed by atoms with Gasteiger partial charge in [-0.15, -0.1) is 0 Å². The zero-order valence-electron chi connectivity index (χ0n) is 12.3. The molecule has 0 amide bonds. The average Bonchev–Trinajstić information content (AvgIpc) is 2.77. The third-order valence-electron chi connectivity index (χ3n) is 3.09. The third-order valence-corrected chi connectivity index (χ3v) is 3.68. The van der Waals surface area contributed by atoms with Crippen molar-refractivity contribution in [2.24, 2.45) is 0 Å². The first kappa shape index (κ1) is 15.9. The average molecular weight is 356 g/mol. The van der Waals surface area contributed by atoms with Crippen LogP contribution in [0, 0.1) is 13.8 Å². The molecule has 0 saturated heterocycles. The summed E-state index contributed by atoms with van der Waals surface area (Å²) in [5, 5.41) is 13.2. The SMILES string of the molecule is CCOc1cc(CO)cc(Br)c1OCc1c(C)noc1C. The molecule has 0 bridgehead atoms. The van der Waals surface area contributed by atoms with Gasteiger partial charge in [-0.2, -0.15) is 0 Å². The van der Waals surface area contributed by atoms with Crippen molar-refractivity contribution in [3.63, 3.8) is 0 Å². The highest BCUT2D eigenvalue weighted by atomic mass is 79.9. The number of aliphatic hydroxyl groups is 1. The van der Waals surface area contributed by atoms with Crippen LogP contribution in [0.4, 0.5) is 0 Å². The number of halogens is 1. The minimum atomic E-state index is -0.0528. The molecule has 1 heterocycles. The molecule has 5 nitrogen and oxygen atoms in total. The van der Waals surface area contributed by atoms with Crippen molar-refractivity contribution in [1.29, 1.82) is 0 Å². The summed E-state index contributed by atoms with van der Waals surface area (Å²) < 4.78 is 17.3. The van der Waals surface area contributed by atoms with E-state index in [1.165, 1.54) is 0 Å². The molecular weight excluding hydrogens is 338 g/mol. The Morgan fingerprint density at radius 2 is 2.05 bits per heavy atom. The van der Waals surface area contributed by atoms with Crippen LogP contribution in [0.2, 0.25) is 0 Å². The zero-order chi connectivity index (χ0) is 15.4. The standard InChI is InChI=1S/C15H18BrNO4/c1-4-19-14-6-11(7-18)5-13(16)15(14)20-8-12-9(2)17-21-10(12)3/h5-6,18H,4,7-8H2,1-3H3. The molecule has 2 rings (SSSR count). The summed E-state index contributed by atoms with van der Waals surface area (Å²) in [5.74, 6) is 1.95. The molecule has 1 aromatic carbocycles. The van der Waals surface area contributed by atoms with Crippen molar-refractivity contribution in [1.82, 2.24) is 5.16 Å². The lowest BCUT2D eigenvalue weighted by molar-refractivity contribution is 0.260. The lowest BCUT2D eigenvalue weighted by Crippen LogP contribution is -2.02. The lowest BCUT2D eigenvalue weighted by atomic mass is 10.2. The quantitative estimate of drug-likeness (QED) is 0.858. The van der Waals surface area contributed by atoms with Crippen molar-refractivity contribution in [3.05, 3.63) is 39.2 Å². The van der Waals surface area contributed by atoms with Crippen LogP contribution in [0.1, 0.15) is 29.5 Å². The molecule has 0 unspecified atom stereocenters. The van der Waals surface area contributed by atoms with E-state index in [-0.39, 0.29) is 6.61 Å². The fourth-order valence-electron chi connectivity index (χ4n) is 1.97. The number of aliphatic hydroxyl groups excluding tert-OH is 1. The normalized spacial score (nSPS) is 10.7. The predicted octanol–water partition coefficient (Wildman–Crippen LogP) is 3.52. The van der Waals surface area contributed by atoms with E-state index in [1.54, 1.807) is 6.07 Å². The molecule has 1 N–H and O–H groups in total. The number of aryl methyl sites for hydroxylation is 2. The van der Waals surface area contributed by atoms with Crippen LogP contribution in [0.25, 0.3) is 0 Å². The first-order valence-electron chi connectivity index (χ1n) is 6.67. The van der Waals surface area contributed by atoms with E-state index >= 15 is 0 Å². The van der Waals surface area contributed by atoms with Gasteiger partial charge in [0.25, 0.3) is 0 Å². The van der Waals surface area contributed by atoms with Gasteiger partial charge in [0.15, 0.2) is 11.5 Å². The van der Waals surface area contributed by atoms with E-state index in [9.17, 15) is 5.11 Å². The van der Waals surface area contributed by atoms with E-state index in [4.69, 9.17) is 14.0 Å². The number of ether oxygens (including phenoxy) is 2. The van der Waals surface area contributed by atoms with Crippen LogP contribution < -0.4 is 9.47 Å². The molecule has 1 aromatic heterocycles. The summed E-state index contributed by atoms with van der Waals surface area (Å²) in [6, 6.07) is 3.59. The molecule has 0 aliphatic heterocycles. The van der Waals surface area contributed by atoms with Crippen molar-refractivity contribution < 1.29 is 19.1 Å². The molecule has 6 heteroatoms. The second-order valence-electron chi connectivity index (χ2n) is 4.59. The van der Waals surface area contributed by atoms with E-state index in [0.29, 0.717) is 24.7 Å². The summed E-state index contributed by atoms with van der Waals surface area (Å²) in [5.41, 5.74) is 2.50. The maximum atomic E-state index is 9.26. The largest absolute Gasteiger partial charge is 0.490 e. The number of hydrogen-bond donors (Lipinski definition) is 1. The highest BCUT2D eigenvalue weighted by Gasteiger charge is 2.15. The number of benzene rings is 1. The van der Waals surface area contributed by atoms with Crippen LogP contribution in [0.3, 0.4) is 0 Å². The molecule has 2 aromatic rings. The first-order valence-corrected chi connectivity index (χ1v) is 7.46. The van der Waals surface area contributed by atoms with Crippen LogP contribution >= 0.6 is 15.9 Å². The Kier molecular flexibility index (Phi) is 5.25. The minimum absolute atomic E-state index is 0.0528. The fraction of sp³-hybridized carbons (Fsp3) is 0.400. The summed E-state index contributed by atoms with van der Waals surface area (Å²) in [6.07, 6.45) is 0. The molecule has 0 spiro atoms. The van der Waals surface area contributed by atoms with Gasteiger partial charge >= 0.3 is 0 Å². The predicted molar refractivity (Wildman–Crippen MR) is 81.5 cm³/mol. The molecular formula is C15H18BrNO4. The Hall–Kier alpha value is -1.53. The summed E-state index contributed by atoms with van der Waals surface area (Å²) in [4.78, 5) is 0. The Balaban J connectivity index is 2.26. The Morgan fingerprint density at radius 1 is 1.29 bits per heavy atom. The molecule has 0 saturated carbocycles. The molecule has 0 aliphatic rings. The molecule has 0 radical (unpaired) electrons. The number of nitrogens with zero attached hydrogens (tertiary/aromatic N) is 1. The second kappa shape index (κ2) is 6.95. The van der Waals surface area contributed by atoms with Crippen molar-refractivity contribution in [2.75, 3.05) is 6.61 Å². The lowest BCUT2D eigenvalue weighted by Gasteiger charge is -2.15. The molecule has 114 valence electrons. The number of aromatic nitrogens is 1. The summed E-state index contributed by atoms with van der Waals surface area (Å²) >= 11 is 3.45. The van der Waals surface area contributed by atoms with E-state index in [2.05, 4.69) is 21.1 Å². The van der Waals surface area contributed by atoms with Gasteiger partial charge in [-0.3, -0.25) is 0 Å². The van der Waals surface area contributed by atoms with Crippen molar-refractivity contribution in [3.8, 4) is 11.5 Å². The van der Waals surface area contributed by atoms with Crippen LogP contribution in [-0.4, -0.2) is 16.9 Å². The van der Waals surface area contributed by atoms with Gasteiger partial charge in [0.1, 0.15) is 12.4 Å². The topological polar surface area (TPSA) is 64.7 Å². The van der Waals surface area contributed by atoms with Gasteiger partial charge in [-0.05, 0) is 54.4 Å².